The van der Waals surface area contributed by atoms with Gasteiger partial charge < -0.3 is 15.2 Å². The zero-order chi connectivity index (χ0) is 16.3. The molecule has 23 heavy (non-hydrogen) atoms. The molecule has 3 rings (SSSR count). The summed E-state index contributed by atoms with van der Waals surface area (Å²) in [5.74, 6) is 0.507. The molecule has 4 nitrogen and oxygen atoms in total. The molecule has 0 aliphatic carbocycles. The van der Waals surface area contributed by atoms with E-state index in [4.69, 9.17) is 4.74 Å². The van der Waals surface area contributed by atoms with Crippen LogP contribution in [0.2, 0.25) is 0 Å². The van der Waals surface area contributed by atoms with E-state index in [9.17, 15) is 9.90 Å². The van der Waals surface area contributed by atoms with Crippen LogP contribution in [0.3, 0.4) is 0 Å². The molecule has 1 unspecified atom stereocenters. The minimum absolute atomic E-state index is 0.168. The minimum Gasteiger partial charge on any atom is -0.493 e. The molecule has 2 aromatic carbocycles. The monoisotopic (exact) mass is 311 g/mol. The van der Waals surface area contributed by atoms with Gasteiger partial charge in [0.2, 0.25) is 0 Å². The van der Waals surface area contributed by atoms with E-state index in [0.29, 0.717) is 24.3 Å². The molecule has 0 spiro atoms. The van der Waals surface area contributed by atoms with E-state index in [1.165, 1.54) is 5.56 Å². The van der Waals surface area contributed by atoms with Crippen LogP contribution >= 0.6 is 0 Å². The summed E-state index contributed by atoms with van der Waals surface area (Å²) in [6, 6.07) is 15.0. The Labute approximate surface area is 136 Å². The number of carbonyl (C=O) groups is 1. The second kappa shape index (κ2) is 6.42. The van der Waals surface area contributed by atoms with Crippen LogP contribution < -0.4 is 10.1 Å². The predicted octanol–water partition coefficient (Wildman–Crippen LogP) is 2.65. The number of carbonyl (C=O) groups excluding carboxylic acids is 1. The highest BCUT2D eigenvalue weighted by atomic mass is 16.5. The van der Waals surface area contributed by atoms with Gasteiger partial charge in [0.1, 0.15) is 11.4 Å². The summed E-state index contributed by atoms with van der Waals surface area (Å²) >= 11 is 0. The number of hydrogen-bond donors (Lipinski definition) is 2. The third kappa shape index (κ3) is 3.22. The second-order valence-electron chi connectivity index (χ2n) is 5.86. The van der Waals surface area contributed by atoms with Crippen molar-refractivity contribution in [3.8, 4) is 5.75 Å². The van der Waals surface area contributed by atoms with Crippen molar-refractivity contribution >= 4 is 5.91 Å². The van der Waals surface area contributed by atoms with E-state index >= 15 is 0 Å². The van der Waals surface area contributed by atoms with Crippen molar-refractivity contribution in [2.24, 2.45) is 0 Å². The fourth-order valence-corrected chi connectivity index (χ4v) is 2.85. The Kier molecular flexibility index (Phi) is 4.35. The molecule has 0 radical (unpaired) electrons. The zero-order valence-corrected chi connectivity index (χ0v) is 13.2. The Balaban J connectivity index is 1.71. The molecule has 1 heterocycles. The highest BCUT2D eigenvalue weighted by molar-refractivity contribution is 5.94. The lowest BCUT2D eigenvalue weighted by Crippen LogP contribution is -2.43. The van der Waals surface area contributed by atoms with E-state index < -0.39 is 5.60 Å². The van der Waals surface area contributed by atoms with Gasteiger partial charge in [0.25, 0.3) is 5.91 Å². The zero-order valence-electron chi connectivity index (χ0n) is 13.2. The first kappa shape index (κ1) is 15.6. The maximum Gasteiger partial charge on any atom is 0.251 e. The molecule has 4 heteroatoms. The van der Waals surface area contributed by atoms with Gasteiger partial charge >= 0.3 is 0 Å². The maximum atomic E-state index is 12.3. The van der Waals surface area contributed by atoms with Gasteiger partial charge in [-0.05, 0) is 30.2 Å². The van der Waals surface area contributed by atoms with Gasteiger partial charge in [-0.1, -0.05) is 37.3 Å². The van der Waals surface area contributed by atoms with Crippen LogP contribution in [0, 0.1) is 0 Å². The van der Waals surface area contributed by atoms with Crippen molar-refractivity contribution in [2.75, 3.05) is 13.2 Å². The lowest BCUT2D eigenvalue weighted by Gasteiger charge is -2.34. The number of ether oxygens (including phenoxy) is 1. The van der Waals surface area contributed by atoms with Gasteiger partial charge in [0, 0.05) is 17.5 Å². The normalized spacial score (nSPS) is 19.6. The average Bonchev–Trinajstić information content (AvgIpc) is 2.60. The largest absolute Gasteiger partial charge is 0.493 e. The lowest BCUT2D eigenvalue weighted by molar-refractivity contribution is -0.00160. The van der Waals surface area contributed by atoms with E-state index in [-0.39, 0.29) is 12.5 Å². The van der Waals surface area contributed by atoms with Crippen molar-refractivity contribution in [2.45, 2.75) is 25.4 Å². The Hall–Kier alpha value is -2.33. The van der Waals surface area contributed by atoms with Crippen molar-refractivity contribution in [1.82, 2.24) is 5.32 Å². The summed E-state index contributed by atoms with van der Waals surface area (Å²) < 4.78 is 5.56. The van der Waals surface area contributed by atoms with Crippen molar-refractivity contribution < 1.29 is 14.6 Å². The van der Waals surface area contributed by atoms with E-state index in [1.807, 2.05) is 48.5 Å². The fraction of sp³-hybridized carbons (Fsp3) is 0.316. The summed E-state index contributed by atoms with van der Waals surface area (Å²) in [6.07, 6.45) is 1.40. The quantitative estimate of drug-likeness (QED) is 0.912. The van der Waals surface area contributed by atoms with Gasteiger partial charge in [0.05, 0.1) is 13.2 Å². The molecule has 2 N–H and O–H groups in total. The highest BCUT2D eigenvalue weighted by Gasteiger charge is 2.35. The fourth-order valence-electron chi connectivity index (χ4n) is 2.85. The van der Waals surface area contributed by atoms with Crippen LogP contribution in [0.1, 0.15) is 34.8 Å². The molecule has 0 fully saturated rings. The molecule has 0 saturated heterocycles. The van der Waals surface area contributed by atoms with Crippen LogP contribution in [0.4, 0.5) is 0 Å². The van der Waals surface area contributed by atoms with Gasteiger partial charge in [0.15, 0.2) is 0 Å². The number of hydrogen-bond acceptors (Lipinski definition) is 3. The van der Waals surface area contributed by atoms with Crippen LogP contribution in [-0.4, -0.2) is 24.2 Å². The average molecular weight is 311 g/mol. The van der Waals surface area contributed by atoms with Crippen LogP contribution in [0.15, 0.2) is 48.5 Å². The first-order valence-corrected chi connectivity index (χ1v) is 7.94. The number of para-hydroxylation sites is 1. The van der Waals surface area contributed by atoms with Gasteiger partial charge in [-0.2, -0.15) is 0 Å². The number of aliphatic hydroxyl groups is 1. The van der Waals surface area contributed by atoms with Crippen molar-refractivity contribution in [3.05, 3.63) is 65.2 Å². The molecule has 1 aliphatic rings. The minimum atomic E-state index is -1.09. The predicted molar refractivity (Wildman–Crippen MR) is 88.6 cm³/mol. The molecule has 1 atom stereocenters. The van der Waals surface area contributed by atoms with Gasteiger partial charge in [-0.3, -0.25) is 4.79 Å². The molecule has 120 valence electrons. The van der Waals surface area contributed by atoms with E-state index in [0.717, 1.165) is 12.0 Å². The number of nitrogens with one attached hydrogen (secondary N) is 1. The molecule has 0 saturated carbocycles. The number of benzene rings is 2. The molecule has 2 aromatic rings. The van der Waals surface area contributed by atoms with Crippen LogP contribution in [0.25, 0.3) is 0 Å². The number of rotatable bonds is 4. The summed E-state index contributed by atoms with van der Waals surface area (Å²) in [5.41, 5.74) is 1.44. The summed E-state index contributed by atoms with van der Waals surface area (Å²) in [4.78, 5) is 12.3. The van der Waals surface area contributed by atoms with Crippen molar-refractivity contribution in [3.63, 3.8) is 0 Å². The highest BCUT2D eigenvalue weighted by Crippen LogP contribution is 2.36. The molecular formula is C19H21NO3. The van der Waals surface area contributed by atoms with Crippen molar-refractivity contribution in [1.29, 1.82) is 0 Å². The number of fused-ring (bicyclic) bond motifs is 1. The molecular weight excluding hydrogens is 290 g/mol. The second-order valence-corrected chi connectivity index (χ2v) is 5.86. The SMILES string of the molecule is CCc1ccc(C(=O)NCC2(O)CCOc3ccccc32)cc1. The van der Waals surface area contributed by atoms with Crippen LogP contribution in [0.5, 0.6) is 5.75 Å². The van der Waals surface area contributed by atoms with Gasteiger partial charge in [-0.15, -0.1) is 0 Å². The smallest absolute Gasteiger partial charge is 0.251 e. The van der Waals surface area contributed by atoms with Crippen LogP contribution in [-0.2, 0) is 12.0 Å². The lowest BCUT2D eigenvalue weighted by atomic mass is 9.88. The maximum absolute atomic E-state index is 12.3. The Morgan fingerprint density at radius 1 is 1.22 bits per heavy atom. The summed E-state index contributed by atoms with van der Waals surface area (Å²) in [5, 5.41) is 13.7. The third-order valence-electron chi connectivity index (χ3n) is 4.33. The Morgan fingerprint density at radius 2 is 1.96 bits per heavy atom. The molecule has 1 amide bonds. The summed E-state index contributed by atoms with van der Waals surface area (Å²) in [7, 11) is 0. The number of aryl methyl sites for hydroxylation is 1. The van der Waals surface area contributed by atoms with Gasteiger partial charge in [-0.25, -0.2) is 0 Å². The summed E-state index contributed by atoms with van der Waals surface area (Å²) in [6.45, 7) is 2.68. The van der Waals surface area contributed by atoms with E-state index in [1.54, 1.807) is 0 Å². The standard InChI is InChI=1S/C19H21NO3/c1-2-14-7-9-15(10-8-14)18(21)20-13-19(22)11-12-23-17-6-4-3-5-16(17)19/h3-10,22H,2,11-13H2,1H3,(H,20,21). The Morgan fingerprint density at radius 3 is 2.70 bits per heavy atom. The topological polar surface area (TPSA) is 58.6 Å². The molecule has 0 bridgehead atoms. The third-order valence-corrected chi connectivity index (χ3v) is 4.33. The Bertz CT molecular complexity index is 696. The first-order chi connectivity index (χ1) is 11.1. The molecule has 1 aliphatic heterocycles. The first-order valence-electron chi connectivity index (χ1n) is 7.94. The number of amides is 1. The molecule has 0 aromatic heterocycles. The van der Waals surface area contributed by atoms with E-state index in [2.05, 4.69) is 12.2 Å².